The van der Waals surface area contributed by atoms with Gasteiger partial charge in [-0.2, -0.15) is 0 Å². The summed E-state index contributed by atoms with van der Waals surface area (Å²) in [6, 6.07) is 11.4. The number of fused-ring (bicyclic) bond motifs is 1. The zero-order chi connectivity index (χ0) is 12.7. The van der Waals surface area contributed by atoms with E-state index in [2.05, 4.69) is 50.7 Å². The number of benzene rings is 1. The molecule has 19 heavy (non-hydrogen) atoms. The maximum atomic E-state index is 4.05. The Bertz CT molecular complexity index is 530. The van der Waals surface area contributed by atoms with Gasteiger partial charge in [0.1, 0.15) is 5.51 Å². The number of likely N-dealkylation sites (tertiary alicyclic amines) is 1. The van der Waals surface area contributed by atoms with Gasteiger partial charge in [-0.1, -0.05) is 41.7 Å². The maximum absolute atomic E-state index is 4.05. The number of rotatable bonds is 4. The molecule has 0 radical (unpaired) electrons. The molecule has 98 valence electrons. The van der Waals surface area contributed by atoms with E-state index < -0.39 is 0 Å². The normalized spacial score (nSPS) is 29.2. The number of nitrogens with one attached hydrogen (secondary N) is 1. The number of hydrogen-bond acceptors (Lipinski definition) is 5. The van der Waals surface area contributed by atoms with E-state index in [0.29, 0.717) is 6.04 Å². The summed E-state index contributed by atoms with van der Waals surface area (Å²) in [7, 11) is 0. The first-order valence-electron chi connectivity index (χ1n) is 6.69. The fourth-order valence-corrected chi connectivity index (χ4v) is 3.67. The largest absolute Gasteiger partial charge is 0.357 e. The molecule has 0 bridgehead atoms. The number of aromatic nitrogens is 2. The van der Waals surface area contributed by atoms with Crippen LogP contribution in [0.3, 0.4) is 0 Å². The van der Waals surface area contributed by atoms with E-state index in [1.54, 1.807) is 16.8 Å². The van der Waals surface area contributed by atoms with E-state index in [0.717, 1.165) is 23.5 Å². The minimum absolute atomic E-state index is 0.625. The van der Waals surface area contributed by atoms with Crippen LogP contribution >= 0.6 is 11.3 Å². The van der Waals surface area contributed by atoms with E-state index in [1.807, 2.05) is 0 Å². The molecule has 4 rings (SSSR count). The minimum atomic E-state index is 0.625. The highest BCUT2D eigenvalue weighted by atomic mass is 32.1. The molecule has 2 heterocycles. The van der Waals surface area contributed by atoms with Gasteiger partial charge in [0.05, 0.1) is 0 Å². The van der Waals surface area contributed by atoms with Crippen LogP contribution < -0.4 is 5.32 Å². The molecule has 2 aliphatic rings. The van der Waals surface area contributed by atoms with Crippen molar-refractivity contribution in [3.8, 4) is 0 Å². The first kappa shape index (κ1) is 11.4. The Hall–Kier alpha value is -1.46. The Morgan fingerprint density at radius 1 is 1.21 bits per heavy atom. The van der Waals surface area contributed by atoms with Crippen LogP contribution in [0.5, 0.6) is 0 Å². The average Bonchev–Trinajstić information content (AvgIpc) is 2.87. The minimum Gasteiger partial charge on any atom is -0.357 e. The Morgan fingerprint density at radius 3 is 2.68 bits per heavy atom. The van der Waals surface area contributed by atoms with Gasteiger partial charge >= 0.3 is 0 Å². The zero-order valence-electron chi connectivity index (χ0n) is 10.6. The van der Waals surface area contributed by atoms with Gasteiger partial charge in [0.15, 0.2) is 0 Å². The number of nitrogens with zero attached hydrogens (tertiary/aromatic N) is 3. The topological polar surface area (TPSA) is 41.0 Å². The highest BCUT2D eigenvalue weighted by Gasteiger charge is 2.55. The lowest BCUT2D eigenvalue weighted by atomic mass is 10.2. The summed E-state index contributed by atoms with van der Waals surface area (Å²) < 4.78 is 0. The van der Waals surface area contributed by atoms with Crippen LogP contribution in [0.15, 0.2) is 35.8 Å². The second kappa shape index (κ2) is 4.58. The van der Waals surface area contributed by atoms with Crippen LogP contribution in [-0.4, -0.2) is 34.2 Å². The van der Waals surface area contributed by atoms with Crippen LogP contribution in [0, 0.1) is 11.8 Å². The number of hydrogen-bond donors (Lipinski definition) is 1. The summed E-state index contributed by atoms with van der Waals surface area (Å²) >= 11 is 1.59. The molecule has 1 aliphatic carbocycles. The summed E-state index contributed by atoms with van der Waals surface area (Å²) in [4.78, 5) is 2.56. The van der Waals surface area contributed by atoms with Crippen LogP contribution in [-0.2, 0) is 6.54 Å². The molecule has 2 unspecified atom stereocenters. The van der Waals surface area contributed by atoms with Crippen molar-refractivity contribution in [3.05, 3.63) is 41.4 Å². The van der Waals surface area contributed by atoms with Gasteiger partial charge in [-0.05, 0) is 17.4 Å². The summed E-state index contributed by atoms with van der Waals surface area (Å²) in [6.45, 7) is 3.49. The fourth-order valence-electron chi connectivity index (χ4n) is 3.18. The monoisotopic (exact) mass is 272 g/mol. The zero-order valence-corrected chi connectivity index (χ0v) is 11.4. The van der Waals surface area contributed by atoms with E-state index in [9.17, 15) is 0 Å². The molecule has 1 saturated carbocycles. The average molecular weight is 272 g/mol. The molecule has 0 spiro atoms. The second-order valence-electron chi connectivity index (χ2n) is 5.42. The predicted molar refractivity (Wildman–Crippen MR) is 76.0 cm³/mol. The summed E-state index contributed by atoms with van der Waals surface area (Å²) in [5, 5.41) is 12.4. The molecule has 1 aromatic heterocycles. The van der Waals surface area contributed by atoms with Crippen molar-refractivity contribution >= 4 is 16.5 Å². The van der Waals surface area contributed by atoms with Crippen LogP contribution in [0.2, 0.25) is 0 Å². The standard InChI is InChI=1S/C14H16N4S/c1-2-4-10(5-3-1)6-18-7-11-12(8-18)13(11)16-14-17-15-9-19-14/h1-5,9,11-13H,6-8H2,(H,16,17). The lowest BCUT2D eigenvalue weighted by molar-refractivity contribution is 0.293. The van der Waals surface area contributed by atoms with Crippen molar-refractivity contribution in [2.45, 2.75) is 12.6 Å². The van der Waals surface area contributed by atoms with Gasteiger partial charge in [-0.3, -0.25) is 4.90 Å². The van der Waals surface area contributed by atoms with Gasteiger partial charge in [-0.15, -0.1) is 10.2 Å². The Morgan fingerprint density at radius 2 is 2.00 bits per heavy atom. The first-order valence-corrected chi connectivity index (χ1v) is 7.57. The molecule has 2 aromatic rings. The highest BCUT2D eigenvalue weighted by molar-refractivity contribution is 7.13. The van der Waals surface area contributed by atoms with Gasteiger partial charge in [0.2, 0.25) is 5.13 Å². The molecule has 4 nitrogen and oxygen atoms in total. The van der Waals surface area contributed by atoms with Crippen LogP contribution in [0.4, 0.5) is 5.13 Å². The highest BCUT2D eigenvalue weighted by Crippen LogP contribution is 2.47. The molecule has 2 fully saturated rings. The summed E-state index contributed by atoms with van der Waals surface area (Å²) in [5.74, 6) is 1.60. The lowest BCUT2D eigenvalue weighted by Crippen LogP contribution is -2.27. The number of anilines is 1. The molecular weight excluding hydrogens is 256 g/mol. The Labute approximate surface area is 116 Å². The smallest absolute Gasteiger partial charge is 0.205 e. The quantitative estimate of drug-likeness (QED) is 0.925. The van der Waals surface area contributed by atoms with Gasteiger partial charge in [0.25, 0.3) is 0 Å². The molecule has 5 heteroatoms. The van der Waals surface area contributed by atoms with Crippen molar-refractivity contribution in [3.63, 3.8) is 0 Å². The van der Waals surface area contributed by atoms with Crippen LogP contribution in [0.25, 0.3) is 0 Å². The molecular formula is C14H16N4S. The summed E-state index contributed by atoms with van der Waals surface area (Å²) in [5.41, 5.74) is 3.19. The van der Waals surface area contributed by atoms with Crippen molar-refractivity contribution < 1.29 is 0 Å². The third-order valence-corrected chi connectivity index (χ3v) is 4.79. The first-order chi connectivity index (χ1) is 9.40. The predicted octanol–water partition coefficient (Wildman–Crippen LogP) is 2.08. The molecule has 0 amide bonds. The van der Waals surface area contributed by atoms with Gasteiger partial charge < -0.3 is 5.32 Å². The van der Waals surface area contributed by atoms with Crippen molar-refractivity contribution in [1.29, 1.82) is 0 Å². The third kappa shape index (κ3) is 2.24. The second-order valence-corrected chi connectivity index (χ2v) is 6.25. The van der Waals surface area contributed by atoms with Crippen molar-refractivity contribution in [2.24, 2.45) is 11.8 Å². The Kier molecular flexibility index (Phi) is 2.74. The van der Waals surface area contributed by atoms with Gasteiger partial charge in [-0.25, -0.2) is 0 Å². The summed E-state index contributed by atoms with van der Waals surface area (Å²) in [6.07, 6.45) is 0. The Balaban J connectivity index is 1.31. The molecule has 2 atom stereocenters. The van der Waals surface area contributed by atoms with Crippen LogP contribution in [0.1, 0.15) is 5.56 Å². The van der Waals surface area contributed by atoms with Crippen molar-refractivity contribution in [1.82, 2.24) is 15.1 Å². The third-order valence-electron chi connectivity index (χ3n) is 4.17. The van der Waals surface area contributed by atoms with E-state index in [-0.39, 0.29) is 0 Å². The fraction of sp³-hybridized carbons (Fsp3) is 0.429. The van der Waals surface area contributed by atoms with E-state index in [1.165, 1.54) is 18.7 Å². The lowest BCUT2D eigenvalue weighted by Gasteiger charge is -2.19. The maximum Gasteiger partial charge on any atom is 0.205 e. The molecule has 1 saturated heterocycles. The number of piperidine rings is 1. The van der Waals surface area contributed by atoms with Gasteiger partial charge in [0, 0.05) is 25.7 Å². The van der Waals surface area contributed by atoms with E-state index in [4.69, 9.17) is 0 Å². The van der Waals surface area contributed by atoms with Crippen molar-refractivity contribution in [2.75, 3.05) is 18.4 Å². The molecule has 1 aromatic carbocycles. The van der Waals surface area contributed by atoms with E-state index >= 15 is 0 Å². The molecule has 1 N–H and O–H groups in total. The SMILES string of the molecule is c1ccc(CN2CC3C(C2)C3Nc2nncs2)cc1. The molecule has 1 aliphatic heterocycles.